The Labute approximate surface area is 154 Å². The fraction of sp³-hybridized carbons (Fsp3) is 0.474. The lowest BCUT2D eigenvalue weighted by Crippen LogP contribution is -2.47. The predicted octanol–water partition coefficient (Wildman–Crippen LogP) is 1.25. The van der Waals surface area contributed by atoms with Crippen molar-refractivity contribution in [3.63, 3.8) is 0 Å². The van der Waals surface area contributed by atoms with E-state index in [-0.39, 0.29) is 5.91 Å². The number of nitrogens with zero attached hydrogens (tertiary/aromatic N) is 6. The number of pyridine rings is 1. The minimum Gasteiger partial charge on any atom is -0.359 e. The zero-order valence-electron chi connectivity index (χ0n) is 15.7. The Hall–Kier alpha value is -2.54. The molecular weight excluding hydrogens is 328 g/mol. The van der Waals surface area contributed by atoms with Crippen molar-refractivity contribution in [2.75, 3.05) is 51.7 Å². The van der Waals surface area contributed by atoms with E-state index in [0.29, 0.717) is 11.5 Å². The van der Waals surface area contributed by atoms with E-state index < -0.39 is 0 Å². The fourth-order valence-electron chi connectivity index (χ4n) is 2.99. The second-order valence-electron chi connectivity index (χ2n) is 6.78. The van der Waals surface area contributed by atoms with Crippen molar-refractivity contribution in [3.8, 4) is 0 Å². The number of carbonyl (C=O) groups excluding carboxylic acids is 1. The summed E-state index contributed by atoms with van der Waals surface area (Å²) in [7, 11) is 4.07. The number of hydrogen-bond acceptors (Lipinski definition) is 6. The van der Waals surface area contributed by atoms with Gasteiger partial charge in [0.25, 0.3) is 5.91 Å². The van der Waals surface area contributed by atoms with Gasteiger partial charge in [-0.3, -0.25) is 9.78 Å². The molecule has 0 atom stereocenters. The van der Waals surface area contributed by atoms with Gasteiger partial charge in [0.05, 0.1) is 0 Å². The highest BCUT2D eigenvalue weighted by Gasteiger charge is 2.22. The first-order valence-electron chi connectivity index (χ1n) is 8.96. The van der Waals surface area contributed by atoms with E-state index in [2.05, 4.69) is 31.8 Å². The molecule has 2 aromatic heterocycles. The predicted molar refractivity (Wildman–Crippen MR) is 101 cm³/mol. The molecular formula is C19H26N6O. The lowest BCUT2D eigenvalue weighted by Gasteiger charge is -2.32. The lowest BCUT2D eigenvalue weighted by atomic mass is 10.2. The summed E-state index contributed by atoms with van der Waals surface area (Å²) in [5.74, 6) is 1.40. The highest BCUT2D eigenvalue weighted by atomic mass is 16.2. The summed E-state index contributed by atoms with van der Waals surface area (Å²) in [5, 5.41) is 0. The number of anilines is 1. The number of piperazine rings is 1. The molecule has 2 aromatic rings. The monoisotopic (exact) mass is 354 g/mol. The van der Waals surface area contributed by atoms with Crippen molar-refractivity contribution < 1.29 is 4.79 Å². The van der Waals surface area contributed by atoms with E-state index in [1.54, 1.807) is 18.5 Å². The van der Waals surface area contributed by atoms with Crippen LogP contribution in [0.15, 0.2) is 30.6 Å². The van der Waals surface area contributed by atoms with E-state index >= 15 is 0 Å². The lowest BCUT2D eigenvalue weighted by molar-refractivity contribution is 0.0658. The SMILES string of the molecule is Cc1nc(C(=O)N2CCN(C)CC2)cc(N(C)CCc2ccncc2)n1. The molecule has 0 saturated carbocycles. The number of aromatic nitrogens is 3. The van der Waals surface area contributed by atoms with Crippen molar-refractivity contribution in [1.29, 1.82) is 0 Å². The van der Waals surface area contributed by atoms with Crippen LogP contribution in [0.3, 0.4) is 0 Å². The Morgan fingerprint density at radius 1 is 1.15 bits per heavy atom. The molecule has 1 fully saturated rings. The van der Waals surface area contributed by atoms with Crippen LogP contribution in [0.4, 0.5) is 5.82 Å². The minimum atomic E-state index is -0.00705. The smallest absolute Gasteiger partial charge is 0.272 e. The first-order chi connectivity index (χ1) is 12.5. The van der Waals surface area contributed by atoms with Gasteiger partial charge in [0.15, 0.2) is 0 Å². The minimum absolute atomic E-state index is 0.00705. The molecule has 1 amide bonds. The van der Waals surface area contributed by atoms with Crippen LogP contribution in [0, 0.1) is 6.92 Å². The van der Waals surface area contributed by atoms with Crippen LogP contribution in [0.5, 0.6) is 0 Å². The first kappa shape index (κ1) is 18.3. The topological polar surface area (TPSA) is 65.5 Å². The van der Waals surface area contributed by atoms with Crippen LogP contribution < -0.4 is 4.90 Å². The third-order valence-electron chi connectivity index (χ3n) is 4.71. The Morgan fingerprint density at radius 3 is 2.54 bits per heavy atom. The van der Waals surface area contributed by atoms with Gasteiger partial charge in [0.2, 0.25) is 0 Å². The molecule has 0 unspecified atom stereocenters. The van der Waals surface area contributed by atoms with Gasteiger partial charge < -0.3 is 14.7 Å². The Balaban J connectivity index is 1.69. The molecule has 1 aliphatic heterocycles. The van der Waals surface area contributed by atoms with E-state index in [1.807, 2.05) is 31.0 Å². The highest BCUT2D eigenvalue weighted by Crippen LogP contribution is 2.14. The maximum atomic E-state index is 12.8. The molecule has 1 saturated heterocycles. The molecule has 0 radical (unpaired) electrons. The number of aryl methyl sites for hydroxylation is 1. The van der Waals surface area contributed by atoms with Gasteiger partial charge in [-0.15, -0.1) is 0 Å². The number of rotatable bonds is 5. The van der Waals surface area contributed by atoms with E-state index in [0.717, 1.165) is 45.0 Å². The van der Waals surface area contributed by atoms with Crippen molar-refractivity contribution in [1.82, 2.24) is 24.8 Å². The summed E-state index contributed by atoms with van der Waals surface area (Å²) >= 11 is 0. The Morgan fingerprint density at radius 2 is 1.85 bits per heavy atom. The molecule has 1 aliphatic rings. The van der Waals surface area contributed by atoms with Crippen LogP contribution in [0.2, 0.25) is 0 Å². The van der Waals surface area contributed by atoms with Crippen LogP contribution in [0.1, 0.15) is 21.9 Å². The number of likely N-dealkylation sites (N-methyl/N-ethyl adjacent to an activating group) is 2. The first-order valence-corrected chi connectivity index (χ1v) is 8.96. The molecule has 0 N–H and O–H groups in total. The molecule has 0 aromatic carbocycles. The zero-order valence-corrected chi connectivity index (χ0v) is 15.7. The third kappa shape index (κ3) is 4.54. The molecule has 138 valence electrons. The number of hydrogen-bond donors (Lipinski definition) is 0. The summed E-state index contributed by atoms with van der Waals surface area (Å²) in [6.07, 6.45) is 4.50. The molecule has 0 spiro atoms. The third-order valence-corrected chi connectivity index (χ3v) is 4.71. The molecule has 0 bridgehead atoms. The van der Waals surface area contributed by atoms with Crippen LogP contribution in [-0.4, -0.2) is 77.5 Å². The van der Waals surface area contributed by atoms with Gasteiger partial charge in [-0.2, -0.15) is 0 Å². The maximum absolute atomic E-state index is 12.8. The van der Waals surface area contributed by atoms with Crippen LogP contribution in [-0.2, 0) is 6.42 Å². The molecule has 7 heteroatoms. The van der Waals surface area contributed by atoms with Gasteiger partial charge in [-0.25, -0.2) is 9.97 Å². The standard InChI is InChI=1S/C19H26N6O/c1-15-21-17(19(26)25-12-10-23(2)11-13-25)14-18(22-15)24(3)9-6-16-4-7-20-8-5-16/h4-5,7-8,14H,6,9-13H2,1-3H3. The summed E-state index contributed by atoms with van der Waals surface area (Å²) in [5.41, 5.74) is 1.71. The Kier molecular flexibility index (Phi) is 5.78. The van der Waals surface area contributed by atoms with Gasteiger partial charge in [0.1, 0.15) is 17.3 Å². The van der Waals surface area contributed by atoms with Gasteiger partial charge in [-0.1, -0.05) is 0 Å². The number of carbonyl (C=O) groups is 1. The summed E-state index contributed by atoms with van der Waals surface area (Å²) in [4.78, 5) is 31.9. The van der Waals surface area contributed by atoms with E-state index in [9.17, 15) is 4.79 Å². The van der Waals surface area contributed by atoms with Crippen molar-refractivity contribution in [3.05, 3.63) is 47.7 Å². The average molecular weight is 354 g/mol. The molecule has 3 rings (SSSR count). The second kappa shape index (κ2) is 8.23. The molecule has 7 nitrogen and oxygen atoms in total. The van der Waals surface area contributed by atoms with Gasteiger partial charge in [0, 0.05) is 58.2 Å². The van der Waals surface area contributed by atoms with E-state index in [4.69, 9.17) is 0 Å². The fourth-order valence-corrected chi connectivity index (χ4v) is 2.99. The molecule has 26 heavy (non-hydrogen) atoms. The summed E-state index contributed by atoms with van der Waals surface area (Å²) < 4.78 is 0. The normalized spacial score (nSPS) is 15.1. The van der Waals surface area contributed by atoms with Crippen molar-refractivity contribution in [2.45, 2.75) is 13.3 Å². The average Bonchev–Trinajstić information content (AvgIpc) is 2.66. The molecule has 3 heterocycles. The van der Waals surface area contributed by atoms with E-state index in [1.165, 1.54) is 5.56 Å². The van der Waals surface area contributed by atoms with Gasteiger partial charge in [-0.05, 0) is 38.1 Å². The Bertz CT molecular complexity index is 743. The summed E-state index contributed by atoms with van der Waals surface area (Å²) in [6, 6.07) is 5.84. The van der Waals surface area contributed by atoms with Crippen LogP contribution >= 0.6 is 0 Å². The molecule has 0 aliphatic carbocycles. The zero-order chi connectivity index (χ0) is 18.5. The van der Waals surface area contributed by atoms with Crippen molar-refractivity contribution >= 4 is 11.7 Å². The van der Waals surface area contributed by atoms with Crippen LogP contribution in [0.25, 0.3) is 0 Å². The quantitative estimate of drug-likeness (QED) is 0.805. The summed E-state index contributed by atoms with van der Waals surface area (Å²) in [6.45, 7) is 5.92. The maximum Gasteiger partial charge on any atom is 0.272 e. The highest BCUT2D eigenvalue weighted by molar-refractivity contribution is 5.93. The second-order valence-corrected chi connectivity index (χ2v) is 6.78. The largest absolute Gasteiger partial charge is 0.359 e. The van der Waals surface area contributed by atoms with Gasteiger partial charge >= 0.3 is 0 Å². The number of amides is 1. The van der Waals surface area contributed by atoms with Crippen molar-refractivity contribution in [2.24, 2.45) is 0 Å².